The zero-order valence-corrected chi connectivity index (χ0v) is 10.1. The fourth-order valence-corrected chi connectivity index (χ4v) is 1.74. The zero-order valence-electron chi connectivity index (χ0n) is 10.1. The van der Waals surface area contributed by atoms with E-state index in [1.807, 2.05) is 10.6 Å². The van der Waals surface area contributed by atoms with Crippen LogP contribution in [0, 0.1) is 0 Å². The minimum absolute atomic E-state index is 0.0635. The van der Waals surface area contributed by atoms with Crippen molar-refractivity contribution >= 4 is 5.65 Å². The SMILES string of the molecule is CC(C)c1cc2[nH]c(=O)cc(C(C)C)n2n1. The van der Waals surface area contributed by atoms with E-state index in [-0.39, 0.29) is 11.5 Å². The van der Waals surface area contributed by atoms with E-state index in [9.17, 15) is 4.79 Å². The van der Waals surface area contributed by atoms with Crippen molar-refractivity contribution in [3.05, 3.63) is 33.9 Å². The van der Waals surface area contributed by atoms with Gasteiger partial charge < -0.3 is 4.98 Å². The summed E-state index contributed by atoms with van der Waals surface area (Å²) in [6, 6.07) is 3.56. The normalized spacial score (nSPS) is 11.9. The Bertz CT molecular complexity index is 563. The molecule has 4 heteroatoms. The molecule has 0 radical (unpaired) electrons. The maximum Gasteiger partial charge on any atom is 0.251 e. The lowest BCUT2D eigenvalue weighted by molar-refractivity contribution is 0.718. The molecule has 0 amide bonds. The van der Waals surface area contributed by atoms with Gasteiger partial charge in [-0.2, -0.15) is 5.10 Å². The molecule has 2 aromatic rings. The maximum atomic E-state index is 11.5. The average molecular weight is 219 g/mol. The summed E-state index contributed by atoms with van der Waals surface area (Å²) in [7, 11) is 0. The molecule has 0 aliphatic heterocycles. The van der Waals surface area contributed by atoms with Crippen molar-refractivity contribution in [3.8, 4) is 0 Å². The van der Waals surface area contributed by atoms with E-state index in [1.54, 1.807) is 6.07 Å². The van der Waals surface area contributed by atoms with Crippen molar-refractivity contribution < 1.29 is 0 Å². The molecule has 0 bridgehead atoms. The molecule has 0 spiro atoms. The first-order valence-electron chi connectivity index (χ1n) is 5.62. The standard InChI is InChI=1S/C12H17N3O/c1-7(2)9-5-11-13-12(16)6-10(8(3)4)15(11)14-9/h5-8H,1-4H3,(H,13,16). The summed E-state index contributed by atoms with van der Waals surface area (Å²) < 4.78 is 1.83. The minimum atomic E-state index is -0.0635. The number of H-pyrrole nitrogens is 1. The van der Waals surface area contributed by atoms with Gasteiger partial charge in [0.15, 0.2) is 0 Å². The predicted octanol–water partition coefficient (Wildman–Crippen LogP) is 2.27. The molecule has 16 heavy (non-hydrogen) atoms. The summed E-state index contributed by atoms with van der Waals surface area (Å²) in [5.74, 6) is 0.646. The fourth-order valence-electron chi connectivity index (χ4n) is 1.74. The van der Waals surface area contributed by atoms with Gasteiger partial charge in [-0.25, -0.2) is 4.52 Å². The highest BCUT2D eigenvalue weighted by molar-refractivity contribution is 5.41. The largest absolute Gasteiger partial charge is 0.307 e. The number of fused-ring (bicyclic) bond motifs is 1. The third-order valence-electron chi connectivity index (χ3n) is 2.69. The number of hydrogen-bond donors (Lipinski definition) is 1. The van der Waals surface area contributed by atoms with E-state index in [1.165, 1.54) is 0 Å². The second kappa shape index (κ2) is 3.77. The number of hydrogen-bond acceptors (Lipinski definition) is 2. The van der Waals surface area contributed by atoms with Crippen LogP contribution in [0.1, 0.15) is 50.9 Å². The van der Waals surface area contributed by atoms with Crippen LogP contribution in [0.2, 0.25) is 0 Å². The van der Waals surface area contributed by atoms with Gasteiger partial charge in [0.25, 0.3) is 5.56 Å². The Morgan fingerprint density at radius 1 is 1.19 bits per heavy atom. The van der Waals surface area contributed by atoms with Crippen LogP contribution in [0.25, 0.3) is 5.65 Å². The molecule has 0 saturated heterocycles. The number of nitrogens with zero attached hydrogens (tertiary/aromatic N) is 2. The van der Waals surface area contributed by atoms with Crippen LogP contribution < -0.4 is 5.56 Å². The van der Waals surface area contributed by atoms with Crippen molar-refractivity contribution in [2.45, 2.75) is 39.5 Å². The fraction of sp³-hybridized carbons (Fsp3) is 0.500. The summed E-state index contributed by atoms with van der Waals surface area (Å²) in [5.41, 5.74) is 2.67. The van der Waals surface area contributed by atoms with Crippen LogP contribution >= 0.6 is 0 Å². The van der Waals surface area contributed by atoms with E-state index in [2.05, 4.69) is 37.8 Å². The highest BCUT2D eigenvalue weighted by atomic mass is 16.1. The third-order valence-corrected chi connectivity index (χ3v) is 2.69. The van der Waals surface area contributed by atoms with Gasteiger partial charge in [0.05, 0.1) is 11.4 Å². The van der Waals surface area contributed by atoms with E-state index in [0.29, 0.717) is 5.92 Å². The van der Waals surface area contributed by atoms with Crippen LogP contribution in [0.3, 0.4) is 0 Å². The molecule has 86 valence electrons. The number of rotatable bonds is 2. The summed E-state index contributed by atoms with van der Waals surface area (Å²) >= 11 is 0. The summed E-state index contributed by atoms with van der Waals surface area (Å²) in [6.07, 6.45) is 0. The smallest absolute Gasteiger partial charge is 0.251 e. The quantitative estimate of drug-likeness (QED) is 0.842. The molecular weight excluding hydrogens is 202 g/mol. The second-order valence-electron chi connectivity index (χ2n) is 4.73. The van der Waals surface area contributed by atoms with Crippen molar-refractivity contribution in [1.29, 1.82) is 0 Å². The second-order valence-corrected chi connectivity index (χ2v) is 4.73. The van der Waals surface area contributed by atoms with Crippen LogP contribution in [0.4, 0.5) is 0 Å². The van der Waals surface area contributed by atoms with Gasteiger partial charge >= 0.3 is 0 Å². The number of aromatic amines is 1. The van der Waals surface area contributed by atoms with Crippen LogP contribution in [0.15, 0.2) is 16.9 Å². The molecule has 2 heterocycles. The van der Waals surface area contributed by atoms with Crippen molar-refractivity contribution in [2.24, 2.45) is 0 Å². The minimum Gasteiger partial charge on any atom is -0.307 e. The monoisotopic (exact) mass is 219 g/mol. The Hall–Kier alpha value is -1.58. The van der Waals surface area contributed by atoms with Gasteiger partial charge in [0.1, 0.15) is 5.65 Å². The highest BCUT2D eigenvalue weighted by Crippen LogP contribution is 2.17. The number of aromatic nitrogens is 3. The molecule has 0 fully saturated rings. The average Bonchev–Trinajstić information content (AvgIpc) is 2.59. The van der Waals surface area contributed by atoms with E-state index in [0.717, 1.165) is 17.0 Å². The van der Waals surface area contributed by atoms with Gasteiger partial charge in [-0.05, 0) is 11.8 Å². The van der Waals surface area contributed by atoms with Crippen molar-refractivity contribution in [2.75, 3.05) is 0 Å². The molecule has 0 atom stereocenters. The molecule has 2 aromatic heterocycles. The Morgan fingerprint density at radius 3 is 2.44 bits per heavy atom. The Balaban J connectivity index is 2.75. The lowest BCUT2D eigenvalue weighted by Gasteiger charge is -2.06. The Labute approximate surface area is 94.3 Å². The van der Waals surface area contributed by atoms with Crippen LogP contribution in [-0.2, 0) is 0 Å². The Morgan fingerprint density at radius 2 is 1.88 bits per heavy atom. The molecule has 0 aliphatic rings. The first kappa shape index (κ1) is 10.9. The Kier molecular flexibility index (Phi) is 2.58. The lowest BCUT2D eigenvalue weighted by Crippen LogP contribution is -2.12. The molecule has 0 unspecified atom stereocenters. The first-order chi connectivity index (χ1) is 7.49. The van der Waals surface area contributed by atoms with Crippen molar-refractivity contribution in [3.63, 3.8) is 0 Å². The van der Waals surface area contributed by atoms with Gasteiger partial charge in [-0.3, -0.25) is 4.79 Å². The van der Waals surface area contributed by atoms with E-state index < -0.39 is 0 Å². The molecule has 1 N–H and O–H groups in total. The van der Waals surface area contributed by atoms with Gasteiger partial charge in [-0.15, -0.1) is 0 Å². The molecule has 4 nitrogen and oxygen atoms in total. The van der Waals surface area contributed by atoms with E-state index in [4.69, 9.17) is 0 Å². The summed E-state index contributed by atoms with van der Waals surface area (Å²) in [5, 5.41) is 4.52. The third kappa shape index (κ3) is 1.75. The molecule has 2 rings (SSSR count). The highest BCUT2D eigenvalue weighted by Gasteiger charge is 2.11. The topological polar surface area (TPSA) is 50.2 Å². The summed E-state index contributed by atoms with van der Waals surface area (Å²) in [4.78, 5) is 14.3. The maximum absolute atomic E-state index is 11.5. The van der Waals surface area contributed by atoms with Gasteiger partial charge in [0, 0.05) is 12.1 Å². The number of nitrogens with one attached hydrogen (secondary N) is 1. The molecular formula is C12H17N3O. The molecule has 0 aliphatic carbocycles. The van der Waals surface area contributed by atoms with Gasteiger partial charge in [0.2, 0.25) is 0 Å². The lowest BCUT2D eigenvalue weighted by atomic mass is 10.1. The van der Waals surface area contributed by atoms with E-state index >= 15 is 0 Å². The molecule has 0 saturated carbocycles. The van der Waals surface area contributed by atoms with Crippen molar-refractivity contribution in [1.82, 2.24) is 14.6 Å². The van der Waals surface area contributed by atoms with Crippen LogP contribution in [0.5, 0.6) is 0 Å². The molecule has 0 aromatic carbocycles. The summed E-state index contributed by atoms with van der Waals surface area (Å²) in [6.45, 7) is 8.31. The predicted molar refractivity (Wildman–Crippen MR) is 64.0 cm³/mol. The first-order valence-corrected chi connectivity index (χ1v) is 5.62. The zero-order chi connectivity index (χ0) is 11.9. The van der Waals surface area contributed by atoms with Gasteiger partial charge in [-0.1, -0.05) is 27.7 Å². The van der Waals surface area contributed by atoms with Crippen LogP contribution in [-0.4, -0.2) is 14.6 Å².